The number of carbonyl (C=O) groups excluding carboxylic acids is 1. The van der Waals surface area contributed by atoms with E-state index < -0.39 is 21.5 Å². The van der Waals surface area contributed by atoms with Crippen molar-refractivity contribution in [3.05, 3.63) is 57.2 Å². The maximum Gasteiger partial charge on any atom is 0.241 e. The quantitative estimate of drug-likeness (QED) is 0.603. The van der Waals surface area contributed by atoms with Gasteiger partial charge >= 0.3 is 0 Å². The third-order valence-electron chi connectivity index (χ3n) is 3.16. The van der Waals surface area contributed by atoms with Gasteiger partial charge in [-0.05, 0) is 33.6 Å². The van der Waals surface area contributed by atoms with Gasteiger partial charge in [-0.25, -0.2) is 13.4 Å². The van der Waals surface area contributed by atoms with E-state index in [9.17, 15) is 13.2 Å². The molecule has 0 spiro atoms. The smallest absolute Gasteiger partial charge is 0.241 e. The lowest BCUT2D eigenvalue weighted by Crippen LogP contribution is -2.23. The molecule has 0 radical (unpaired) electrons. The zero-order valence-corrected chi connectivity index (χ0v) is 16.8. The highest BCUT2D eigenvalue weighted by Gasteiger charge is 2.18. The van der Waals surface area contributed by atoms with Crippen LogP contribution in [-0.4, -0.2) is 25.1 Å². The monoisotopic (exact) mass is 456 g/mol. The largest absolute Gasteiger partial charge is 0.301 e. The molecule has 0 unspecified atom stereocenters. The molecule has 130 valence electrons. The number of thiazole rings is 1. The highest BCUT2D eigenvalue weighted by Crippen LogP contribution is 2.33. The van der Waals surface area contributed by atoms with Crippen molar-refractivity contribution in [1.29, 1.82) is 0 Å². The number of rotatable bonds is 6. The molecular formula is C16H13BrN2O3S3. The standard InChI is InChI=1S/C16H13BrN2O3S3/c17-14-7-6-13(24-14)12-8-23-16(18-12)19-15(20)10-25(21,22)9-11-4-2-1-3-5-11/h1-8H,9-10H2,(H,18,19,20). The molecule has 2 heterocycles. The van der Waals surface area contributed by atoms with Gasteiger partial charge in [0.2, 0.25) is 5.91 Å². The molecule has 1 amide bonds. The first-order valence-corrected chi connectivity index (χ1v) is 11.5. The number of thiophene rings is 1. The van der Waals surface area contributed by atoms with Gasteiger partial charge < -0.3 is 5.32 Å². The van der Waals surface area contributed by atoms with E-state index in [0.29, 0.717) is 10.7 Å². The number of halogens is 1. The summed E-state index contributed by atoms with van der Waals surface area (Å²) in [6.45, 7) is 0. The van der Waals surface area contributed by atoms with E-state index in [4.69, 9.17) is 0 Å². The summed E-state index contributed by atoms with van der Waals surface area (Å²) >= 11 is 6.20. The lowest BCUT2D eigenvalue weighted by Gasteiger charge is -2.04. The molecule has 25 heavy (non-hydrogen) atoms. The van der Waals surface area contributed by atoms with Gasteiger partial charge in [0.05, 0.1) is 20.1 Å². The molecule has 0 aliphatic carbocycles. The first-order chi connectivity index (χ1) is 11.9. The van der Waals surface area contributed by atoms with Crippen LogP contribution in [0.15, 0.2) is 51.6 Å². The maximum absolute atomic E-state index is 12.1. The van der Waals surface area contributed by atoms with Gasteiger partial charge in [-0.1, -0.05) is 30.3 Å². The minimum Gasteiger partial charge on any atom is -0.301 e. The van der Waals surface area contributed by atoms with E-state index in [1.807, 2.05) is 23.6 Å². The number of nitrogens with one attached hydrogen (secondary N) is 1. The Morgan fingerprint density at radius 1 is 1.16 bits per heavy atom. The summed E-state index contributed by atoms with van der Waals surface area (Å²) in [5.41, 5.74) is 1.42. The molecule has 0 atom stereocenters. The first kappa shape index (κ1) is 18.2. The van der Waals surface area contributed by atoms with Crippen LogP contribution in [-0.2, 0) is 20.4 Å². The average molecular weight is 457 g/mol. The number of sulfone groups is 1. The second kappa shape index (κ2) is 7.77. The minimum atomic E-state index is -3.54. The summed E-state index contributed by atoms with van der Waals surface area (Å²) in [4.78, 5) is 17.3. The highest BCUT2D eigenvalue weighted by atomic mass is 79.9. The summed E-state index contributed by atoms with van der Waals surface area (Å²) in [5.74, 6) is -1.31. The van der Waals surface area contributed by atoms with Gasteiger partial charge in [0.15, 0.2) is 15.0 Å². The Balaban J connectivity index is 1.62. The summed E-state index contributed by atoms with van der Waals surface area (Å²) < 4.78 is 25.3. The number of aromatic nitrogens is 1. The van der Waals surface area contributed by atoms with Crippen molar-refractivity contribution in [3.8, 4) is 10.6 Å². The van der Waals surface area contributed by atoms with Crippen LogP contribution in [0.2, 0.25) is 0 Å². The molecule has 1 N–H and O–H groups in total. The van der Waals surface area contributed by atoms with Gasteiger partial charge in [0, 0.05) is 5.38 Å². The molecule has 0 fully saturated rings. The number of amides is 1. The summed E-state index contributed by atoms with van der Waals surface area (Å²) in [6, 6.07) is 12.7. The van der Waals surface area contributed by atoms with Gasteiger partial charge in [-0.3, -0.25) is 4.79 Å². The molecule has 0 aliphatic heterocycles. The number of anilines is 1. The van der Waals surface area contributed by atoms with Crippen molar-refractivity contribution < 1.29 is 13.2 Å². The fourth-order valence-corrected chi connectivity index (χ4v) is 5.55. The second-order valence-electron chi connectivity index (χ2n) is 5.21. The van der Waals surface area contributed by atoms with E-state index >= 15 is 0 Å². The molecule has 9 heteroatoms. The zero-order chi connectivity index (χ0) is 17.9. The Morgan fingerprint density at radius 2 is 1.92 bits per heavy atom. The molecule has 3 aromatic rings. The Morgan fingerprint density at radius 3 is 2.60 bits per heavy atom. The molecule has 0 saturated carbocycles. The summed E-state index contributed by atoms with van der Waals surface area (Å²) in [7, 11) is -3.54. The Kier molecular flexibility index (Phi) is 5.67. The number of hydrogen-bond donors (Lipinski definition) is 1. The highest BCUT2D eigenvalue weighted by molar-refractivity contribution is 9.11. The lowest BCUT2D eigenvalue weighted by molar-refractivity contribution is -0.113. The first-order valence-electron chi connectivity index (χ1n) is 7.17. The number of hydrogen-bond acceptors (Lipinski definition) is 6. The van der Waals surface area contributed by atoms with Crippen molar-refractivity contribution in [2.45, 2.75) is 5.75 Å². The average Bonchev–Trinajstić information content (AvgIpc) is 3.16. The third kappa shape index (κ3) is 5.21. The molecule has 0 saturated heterocycles. The summed E-state index contributed by atoms with van der Waals surface area (Å²) in [5, 5.41) is 4.78. The number of benzene rings is 1. The van der Waals surface area contributed by atoms with E-state index in [1.54, 1.807) is 24.3 Å². The molecular weight excluding hydrogens is 444 g/mol. The predicted octanol–water partition coefficient (Wildman–Crippen LogP) is 4.19. The van der Waals surface area contributed by atoms with Crippen LogP contribution >= 0.6 is 38.6 Å². The van der Waals surface area contributed by atoms with Gasteiger partial charge in [0.25, 0.3) is 0 Å². The topological polar surface area (TPSA) is 76.1 Å². The van der Waals surface area contributed by atoms with Crippen LogP contribution in [0.1, 0.15) is 5.56 Å². The summed E-state index contributed by atoms with van der Waals surface area (Å²) in [6.07, 6.45) is 0. The van der Waals surface area contributed by atoms with E-state index in [0.717, 1.165) is 14.4 Å². The molecule has 2 aromatic heterocycles. The SMILES string of the molecule is O=C(CS(=O)(=O)Cc1ccccc1)Nc1nc(-c2ccc(Br)s2)cs1. The molecule has 1 aromatic carbocycles. The van der Waals surface area contributed by atoms with E-state index in [-0.39, 0.29) is 5.75 Å². The van der Waals surface area contributed by atoms with Crippen molar-refractivity contribution in [2.24, 2.45) is 0 Å². The third-order valence-corrected chi connectivity index (χ3v) is 7.04. The van der Waals surface area contributed by atoms with Crippen molar-refractivity contribution in [1.82, 2.24) is 4.98 Å². The Labute approximate surface area is 161 Å². The second-order valence-corrected chi connectivity index (χ2v) is 10.6. The van der Waals surface area contributed by atoms with Gasteiger partial charge in [-0.15, -0.1) is 22.7 Å². The fraction of sp³-hybridized carbons (Fsp3) is 0.125. The van der Waals surface area contributed by atoms with Crippen LogP contribution in [0.3, 0.4) is 0 Å². The van der Waals surface area contributed by atoms with Crippen LogP contribution < -0.4 is 5.32 Å². The van der Waals surface area contributed by atoms with E-state index in [1.165, 1.54) is 22.7 Å². The van der Waals surface area contributed by atoms with E-state index in [2.05, 4.69) is 26.2 Å². The van der Waals surface area contributed by atoms with Crippen molar-refractivity contribution in [2.75, 3.05) is 11.1 Å². The van der Waals surface area contributed by atoms with Crippen molar-refractivity contribution >= 4 is 59.5 Å². The normalized spacial score (nSPS) is 11.4. The zero-order valence-electron chi connectivity index (χ0n) is 12.8. The Bertz CT molecular complexity index is 981. The molecule has 0 aliphatic rings. The fourth-order valence-electron chi connectivity index (χ4n) is 2.13. The lowest BCUT2D eigenvalue weighted by atomic mass is 10.2. The number of nitrogens with zero attached hydrogens (tertiary/aromatic N) is 1. The minimum absolute atomic E-state index is 0.159. The van der Waals surface area contributed by atoms with Crippen molar-refractivity contribution in [3.63, 3.8) is 0 Å². The van der Waals surface area contributed by atoms with Crippen LogP contribution in [0.5, 0.6) is 0 Å². The predicted molar refractivity (Wildman–Crippen MR) is 106 cm³/mol. The Hall–Kier alpha value is -1.55. The molecule has 5 nitrogen and oxygen atoms in total. The van der Waals surface area contributed by atoms with Gasteiger partial charge in [-0.2, -0.15) is 0 Å². The number of carbonyl (C=O) groups is 1. The van der Waals surface area contributed by atoms with Crippen LogP contribution in [0.25, 0.3) is 10.6 Å². The molecule has 0 bridgehead atoms. The molecule has 3 rings (SSSR count). The van der Waals surface area contributed by atoms with Crippen LogP contribution in [0.4, 0.5) is 5.13 Å². The van der Waals surface area contributed by atoms with Crippen LogP contribution in [0, 0.1) is 0 Å². The maximum atomic E-state index is 12.1. The van der Waals surface area contributed by atoms with Gasteiger partial charge in [0.1, 0.15) is 5.75 Å².